The third kappa shape index (κ3) is 5.01. The van der Waals surface area contributed by atoms with Gasteiger partial charge in [-0.25, -0.2) is 0 Å². The second kappa shape index (κ2) is 8.14. The lowest BCUT2D eigenvalue weighted by molar-refractivity contribution is -0.274. The van der Waals surface area contributed by atoms with Crippen molar-refractivity contribution < 1.29 is 22.6 Å². The minimum Gasteiger partial charge on any atom is -0.488 e. The van der Waals surface area contributed by atoms with Crippen molar-refractivity contribution in [1.29, 1.82) is 0 Å². The molecule has 0 bridgehead atoms. The summed E-state index contributed by atoms with van der Waals surface area (Å²) in [4.78, 5) is 0. The standard InChI is InChI=1S/C21H18F3NO2/c22-21(23,24)27-19-11-10-16(12-17(19)13-25)18-8-4-5-9-20(18)26-14-15-6-2-1-3-7-15/h1-12H,13-14,25H2. The summed E-state index contributed by atoms with van der Waals surface area (Å²) < 4.78 is 47.5. The second-order valence-corrected chi connectivity index (χ2v) is 5.84. The van der Waals surface area contributed by atoms with Gasteiger partial charge in [-0.3, -0.25) is 0 Å². The number of hydrogen-bond donors (Lipinski definition) is 1. The van der Waals surface area contributed by atoms with Crippen LogP contribution in [0.15, 0.2) is 72.8 Å². The molecule has 0 heterocycles. The van der Waals surface area contributed by atoms with Gasteiger partial charge in [0, 0.05) is 17.7 Å². The zero-order valence-corrected chi connectivity index (χ0v) is 14.4. The van der Waals surface area contributed by atoms with Gasteiger partial charge in [-0.1, -0.05) is 54.6 Å². The summed E-state index contributed by atoms with van der Waals surface area (Å²) in [5, 5.41) is 0. The van der Waals surface area contributed by atoms with Crippen LogP contribution in [0, 0.1) is 0 Å². The molecule has 0 atom stereocenters. The molecule has 140 valence electrons. The molecule has 0 aliphatic heterocycles. The monoisotopic (exact) mass is 373 g/mol. The van der Waals surface area contributed by atoms with Crippen molar-refractivity contribution in [3.05, 3.63) is 83.9 Å². The number of nitrogens with two attached hydrogens (primary N) is 1. The van der Waals surface area contributed by atoms with Crippen LogP contribution in [0.4, 0.5) is 13.2 Å². The van der Waals surface area contributed by atoms with E-state index in [4.69, 9.17) is 10.5 Å². The van der Waals surface area contributed by atoms with Gasteiger partial charge in [-0.15, -0.1) is 13.2 Å². The molecule has 3 aromatic rings. The van der Waals surface area contributed by atoms with Gasteiger partial charge in [0.25, 0.3) is 0 Å². The Morgan fingerprint density at radius 2 is 1.52 bits per heavy atom. The van der Waals surface area contributed by atoms with Crippen LogP contribution in [0.25, 0.3) is 11.1 Å². The highest BCUT2D eigenvalue weighted by atomic mass is 19.4. The Balaban J connectivity index is 1.88. The third-order valence-corrected chi connectivity index (χ3v) is 3.94. The first kappa shape index (κ1) is 18.8. The number of ether oxygens (including phenoxy) is 2. The van der Waals surface area contributed by atoms with E-state index in [2.05, 4.69) is 4.74 Å². The smallest absolute Gasteiger partial charge is 0.488 e. The van der Waals surface area contributed by atoms with Crippen molar-refractivity contribution in [2.75, 3.05) is 0 Å². The summed E-state index contributed by atoms with van der Waals surface area (Å²) in [7, 11) is 0. The molecule has 27 heavy (non-hydrogen) atoms. The normalized spacial score (nSPS) is 11.3. The molecular weight excluding hydrogens is 355 g/mol. The Kier molecular flexibility index (Phi) is 5.66. The average Bonchev–Trinajstić information content (AvgIpc) is 2.66. The SMILES string of the molecule is NCc1cc(-c2ccccc2OCc2ccccc2)ccc1OC(F)(F)F. The average molecular weight is 373 g/mol. The van der Waals surface area contributed by atoms with Crippen LogP contribution in [-0.4, -0.2) is 6.36 Å². The van der Waals surface area contributed by atoms with Crippen LogP contribution in [-0.2, 0) is 13.2 Å². The predicted octanol–water partition coefficient (Wildman–Crippen LogP) is 5.29. The Bertz CT molecular complexity index is 895. The maximum atomic E-state index is 12.5. The quantitative estimate of drug-likeness (QED) is 0.639. The fourth-order valence-electron chi connectivity index (χ4n) is 2.70. The zero-order valence-electron chi connectivity index (χ0n) is 14.4. The number of alkyl halides is 3. The molecule has 0 unspecified atom stereocenters. The van der Waals surface area contributed by atoms with E-state index in [0.717, 1.165) is 11.1 Å². The Morgan fingerprint density at radius 1 is 0.815 bits per heavy atom. The van der Waals surface area contributed by atoms with Crippen LogP contribution in [0.5, 0.6) is 11.5 Å². The van der Waals surface area contributed by atoms with Gasteiger partial charge in [-0.05, 0) is 29.3 Å². The van der Waals surface area contributed by atoms with Crippen LogP contribution in [0.2, 0.25) is 0 Å². The fraction of sp³-hybridized carbons (Fsp3) is 0.143. The minimum atomic E-state index is -4.76. The lowest BCUT2D eigenvalue weighted by Crippen LogP contribution is -2.18. The van der Waals surface area contributed by atoms with E-state index < -0.39 is 6.36 Å². The van der Waals surface area contributed by atoms with Crippen molar-refractivity contribution in [2.45, 2.75) is 19.5 Å². The summed E-state index contributed by atoms with van der Waals surface area (Å²) in [5.41, 5.74) is 8.36. The Morgan fingerprint density at radius 3 is 2.22 bits per heavy atom. The lowest BCUT2D eigenvalue weighted by atomic mass is 10.0. The molecule has 0 radical (unpaired) electrons. The number of para-hydroxylation sites is 1. The molecule has 0 aliphatic rings. The minimum absolute atomic E-state index is 0.0771. The third-order valence-electron chi connectivity index (χ3n) is 3.94. The van der Waals surface area contributed by atoms with Gasteiger partial charge in [0.05, 0.1) is 0 Å². The van der Waals surface area contributed by atoms with E-state index in [1.165, 1.54) is 6.07 Å². The summed E-state index contributed by atoms with van der Waals surface area (Å²) in [6.45, 7) is 0.309. The van der Waals surface area contributed by atoms with E-state index >= 15 is 0 Å². The summed E-state index contributed by atoms with van der Waals surface area (Å²) in [5.74, 6) is 0.338. The van der Waals surface area contributed by atoms with Gasteiger partial charge >= 0.3 is 6.36 Å². The van der Waals surface area contributed by atoms with E-state index in [0.29, 0.717) is 17.9 Å². The lowest BCUT2D eigenvalue weighted by Gasteiger charge is -2.15. The summed E-state index contributed by atoms with van der Waals surface area (Å²) in [6, 6.07) is 21.5. The second-order valence-electron chi connectivity index (χ2n) is 5.84. The highest BCUT2D eigenvalue weighted by Crippen LogP contribution is 2.34. The van der Waals surface area contributed by atoms with Crippen molar-refractivity contribution in [1.82, 2.24) is 0 Å². The molecule has 0 aliphatic carbocycles. The molecule has 2 N–H and O–H groups in total. The molecule has 3 aromatic carbocycles. The van der Waals surface area contributed by atoms with Crippen LogP contribution >= 0.6 is 0 Å². The van der Waals surface area contributed by atoms with Gasteiger partial charge in [-0.2, -0.15) is 0 Å². The highest BCUT2D eigenvalue weighted by molar-refractivity contribution is 5.72. The summed E-state index contributed by atoms with van der Waals surface area (Å²) in [6.07, 6.45) is -4.76. The largest absolute Gasteiger partial charge is 0.573 e. The molecule has 3 nitrogen and oxygen atoms in total. The topological polar surface area (TPSA) is 44.5 Å². The number of hydrogen-bond acceptors (Lipinski definition) is 3. The van der Waals surface area contributed by atoms with Crippen LogP contribution < -0.4 is 15.2 Å². The van der Waals surface area contributed by atoms with Crippen molar-refractivity contribution >= 4 is 0 Å². The molecule has 0 saturated carbocycles. The Labute approximate surface area is 155 Å². The number of rotatable bonds is 6. The molecule has 0 spiro atoms. The maximum Gasteiger partial charge on any atom is 0.573 e. The van der Waals surface area contributed by atoms with Crippen molar-refractivity contribution in [3.8, 4) is 22.6 Å². The van der Waals surface area contributed by atoms with E-state index in [1.807, 2.05) is 54.6 Å². The molecule has 0 saturated heterocycles. The first-order valence-electron chi connectivity index (χ1n) is 8.31. The van der Waals surface area contributed by atoms with Gasteiger partial charge in [0.1, 0.15) is 18.1 Å². The van der Waals surface area contributed by atoms with Crippen LogP contribution in [0.1, 0.15) is 11.1 Å². The van der Waals surface area contributed by atoms with E-state index in [1.54, 1.807) is 12.1 Å². The van der Waals surface area contributed by atoms with Gasteiger partial charge in [0.15, 0.2) is 0 Å². The van der Waals surface area contributed by atoms with Gasteiger partial charge in [0.2, 0.25) is 0 Å². The summed E-state index contributed by atoms with van der Waals surface area (Å²) >= 11 is 0. The maximum absolute atomic E-state index is 12.5. The van der Waals surface area contributed by atoms with Crippen LogP contribution in [0.3, 0.4) is 0 Å². The van der Waals surface area contributed by atoms with Crippen molar-refractivity contribution in [2.24, 2.45) is 5.73 Å². The molecule has 6 heteroatoms. The van der Waals surface area contributed by atoms with Gasteiger partial charge < -0.3 is 15.2 Å². The predicted molar refractivity (Wildman–Crippen MR) is 97.2 cm³/mol. The van der Waals surface area contributed by atoms with E-state index in [-0.39, 0.29) is 17.9 Å². The first-order valence-corrected chi connectivity index (χ1v) is 8.31. The molecule has 3 rings (SSSR count). The first-order chi connectivity index (χ1) is 13.0. The zero-order chi connectivity index (χ0) is 19.3. The molecular formula is C21H18F3NO2. The molecule has 0 fully saturated rings. The van der Waals surface area contributed by atoms with Crippen molar-refractivity contribution in [3.63, 3.8) is 0 Å². The fourth-order valence-corrected chi connectivity index (χ4v) is 2.70. The molecule has 0 aromatic heterocycles. The number of benzene rings is 3. The Hall–Kier alpha value is -2.99. The highest BCUT2D eigenvalue weighted by Gasteiger charge is 2.32. The molecule has 0 amide bonds. The number of halogens is 3. The van der Waals surface area contributed by atoms with E-state index in [9.17, 15) is 13.2 Å².